The Kier molecular flexibility index (Phi) is 6.66. The zero-order valence-electron chi connectivity index (χ0n) is 8.07. The number of terminal acetylenes is 1. The SMILES string of the molecule is C#C.O=C1O[C@@H]2CCO[C@@H]2[C@@H]1O.OCO. The van der Waals surface area contributed by atoms with Gasteiger partial charge in [0.25, 0.3) is 0 Å². The lowest BCUT2D eigenvalue weighted by Crippen LogP contribution is -2.28. The smallest absolute Gasteiger partial charge is 0.338 e. The fraction of sp³-hybridized carbons (Fsp3) is 0.667. The van der Waals surface area contributed by atoms with E-state index in [1.165, 1.54) is 0 Å². The van der Waals surface area contributed by atoms with E-state index in [2.05, 4.69) is 12.8 Å². The highest BCUT2D eigenvalue weighted by atomic mass is 16.6. The van der Waals surface area contributed by atoms with Gasteiger partial charge in [-0.05, 0) is 0 Å². The van der Waals surface area contributed by atoms with E-state index in [-0.39, 0.29) is 6.10 Å². The second-order valence-electron chi connectivity index (χ2n) is 2.69. The van der Waals surface area contributed by atoms with E-state index < -0.39 is 25.0 Å². The first-order valence-corrected chi connectivity index (χ1v) is 4.26. The third-order valence-electron chi connectivity index (χ3n) is 1.90. The number of rotatable bonds is 0. The topological polar surface area (TPSA) is 96.2 Å². The van der Waals surface area contributed by atoms with E-state index in [1.807, 2.05) is 0 Å². The molecule has 0 unspecified atom stereocenters. The van der Waals surface area contributed by atoms with E-state index in [0.717, 1.165) is 0 Å². The fourth-order valence-corrected chi connectivity index (χ4v) is 1.37. The number of carbonyl (C=O) groups excluding carboxylic acids is 1. The summed E-state index contributed by atoms with van der Waals surface area (Å²) < 4.78 is 9.85. The highest BCUT2D eigenvalue weighted by molar-refractivity contribution is 5.77. The van der Waals surface area contributed by atoms with Crippen LogP contribution in [0.15, 0.2) is 0 Å². The molecule has 0 aromatic heterocycles. The summed E-state index contributed by atoms with van der Waals surface area (Å²) >= 11 is 0. The first-order valence-electron chi connectivity index (χ1n) is 4.26. The van der Waals surface area contributed by atoms with Crippen LogP contribution < -0.4 is 0 Å². The van der Waals surface area contributed by atoms with Crippen LogP contribution in [0.4, 0.5) is 0 Å². The Labute approximate surface area is 87.4 Å². The number of esters is 1. The lowest BCUT2D eigenvalue weighted by molar-refractivity contribution is -0.148. The molecule has 0 aliphatic carbocycles. The molecule has 3 atom stereocenters. The molecule has 2 aliphatic heterocycles. The summed E-state index contributed by atoms with van der Waals surface area (Å²) in [6.07, 6.45) is 7.08. The zero-order valence-corrected chi connectivity index (χ0v) is 8.07. The zero-order chi connectivity index (χ0) is 11.8. The molecular weight excluding hydrogens is 204 g/mol. The van der Waals surface area contributed by atoms with Crippen molar-refractivity contribution < 1.29 is 29.6 Å². The lowest BCUT2D eigenvalue weighted by atomic mass is 10.1. The van der Waals surface area contributed by atoms with Crippen molar-refractivity contribution in [1.82, 2.24) is 0 Å². The molecule has 0 aromatic rings. The van der Waals surface area contributed by atoms with Gasteiger partial charge in [-0.3, -0.25) is 0 Å². The molecule has 0 radical (unpaired) electrons. The predicted molar refractivity (Wildman–Crippen MR) is 49.4 cm³/mol. The van der Waals surface area contributed by atoms with Crippen LogP contribution in [0.5, 0.6) is 0 Å². The minimum atomic E-state index is -1.05. The molecule has 2 aliphatic rings. The van der Waals surface area contributed by atoms with E-state index in [4.69, 9.17) is 24.8 Å². The van der Waals surface area contributed by atoms with Gasteiger partial charge in [-0.25, -0.2) is 4.79 Å². The maximum absolute atomic E-state index is 10.6. The number of hydrogen-bond acceptors (Lipinski definition) is 6. The van der Waals surface area contributed by atoms with E-state index in [9.17, 15) is 4.79 Å². The molecule has 0 spiro atoms. The summed E-state index contributed by atoms with van der Waals surface area (Å²) in [4.78, 5) is 10.6. The average molecular weight is 218 g/mol. The van der Waals surface area contributed by atoms with Gasteiger partial charge in [0, 0.05) is 6.42 Å². The van der Waals surface area contributed by atoms with Gasteiger partial charge in [0.15, 0.2) is 6.10 Å². The van der Waals surface area contributed by atoms with Gasteiger partial charge in [-0.15, -0.1) is 12.8 Å². The second-order valence-corrected chi connectivity index (χ2v) is 2.69. The predicted octanol–water partition coefficient (Wildman–Crippen LogP) is -1.76. The Morgan fingerprint density at radius 1 is 1.40 bits per heavy atom. The van der Waals surface area contributed by atoms with Crippen LogP contribution in [0.25, 0.3) is 0 Å². The second kappa shape index (κ2) is 7.20. The molecule has 0 saturated carbocycles. The fourth-order valence-electron chi connectivity index (χ4n) is 1.37. The van der Waals surface area contributed by atoms with E-state index >= 15 is 0 Å². The van der Waals surface area contributed by atoms with Crippen molar-refractivity contribution in [2.45, 2.75) is 24.7 Å². The number of aliphatic hydroxyl groups is 3. The monoisotopic (exact) mass is 218 g/mol. The van der Waals surface area contributed by atoms with Crippen molar-refractivity contribution >= 4 is 5.97 Å². The summed E-state index contributed by atoms with van der Waals surface area (Å²) in [6, 6.07) is 0. The van der Waals surface area contributed by atoms with Crippen LogP contribution in [0.2, 0.25) is 0 Å². The quantitative estimate of drug-likeness (QED) is 0.253. The highest BCUT2D eigenvalue weighted by Crippen LogP contribution is 2.26. The van der Waals surface area contributed by atoms with Crippen LogP contribution in [0.3, 0.4) is 0 Å². The summed E-state index contributed by atoms with van der Waals surface area (Å²) in [6.45, 7) is -0.167. The van der Waals surface area contributed by atoms with Crippen LogP contribution in [0.1, 0.15) is 6.42 Å². The minimum Gasteiger partial charge on any atom is -0.457 e. The molecule has 86 valence electrons. The number of hydrogen-bond donors (Lipinski definition) is 3. The van der Waals surface area contributed by atoms with Crippen molar-refractivity contribution in [1.29, 1.82) is 0 Å². The molecule has 2 rings (SSSR count). The molecule has 6 heteroatoms. The Morgan fingerprint density at radius 2 is 1.93 bits per heavy atom. The van der Waals surface area contributed by atoms with Crippen molar-refractivity contribution in [3.05, 3.63) is 0 Å². The lowest BCUT2D eigenvalue weighted by Gasteiger charge is -2.05. The van der Waals surface area contributed by atoms with Crippen molar-refractivity contribution in [2.24, 2.45) is 0 Å². The summed E-state index contributed by atoms with van der Waals surface area (Å²) in [5.74, 6) is -0.547. The van der Waals surface area contributed by atoms with Gasteiger partial charge in [0.2, 0.25) is 0 Å². The number of ether oxygens (including phenoxy) is 2. The van der Waals surface area contributed by atoms with Gasteiger partial charge in [-0.1, -0.05) is 0 Å². The molecule has 0 amide bonds. The average Bonchev–Trinajstić information content (AvgIpc) is 2.77. The molecule has 6 nitrogen and oxygen atoms in total. The third kappa shape index (κ3) is 3.49. The summed E-state index contributed by atoms with van der Waals surface area (Å²) in [5, 5.41) is 23.3. The summed E-state index contributed by atoms with van der Waals surface area (Å²) in [7, 11) is 0. The van der Waals surface area contributed by atoms with Crippen LogP contribution in [0, 0.1) is 12.8 Å². The van der Waals surface area contributed by atoms with Crippen LogP contribution >= 0.6 is 0 Å². The van der Waals surface area contributed by atoms with Crippen LogP contribution in [-0.2, 0) is 14.3 Å². The first-order chi connectivity index (χ1) is 7.20. The Balaban J connectivity index is 0.000000342. The van der Waals surface area contributed by atoms with Crippen LogP contribution in [-0.4, -0.2) is 53.0 Å². The first kappa shape index (κ1) is 13.9. The standard InChI is InChI=1S/C6H8O4.C2H2.CH4O2/c7-4-5-3(1-2-9-5)10-6(4)8;1-2;2-1-3/h3-5,7H,1-2H2;1-2H;2-3H,1H2/t3-,4+,5+;;/m1../s1. The minimum absolute atomic E-state index is 0.192. The normalized spacial score (nSPS) is 31.5. The highest BCUT2D eigenvalue weighted by Gasteiger charge is 2.47. The molecule has 15 heavy (non-hydrogen) atoms. The van der Waals surface area contributed by atoms with Gasteiger partial charge in [0.05, 0.1) is 6.61 Å². The Morgan fingerprint density at radius 3 is 2.40 bits per heavy atom. The van der Waals surface area contributed by atoms with E-state index in [0.29, 0.717) is 13.0 Å². The van der Waals surface area contributed by atoms with Crippen molar-refractivity contribution in [3.8, 4) is 12.8 Å². The van der Waals surface area contributed by atoms with Crippen molar-refractivity contribution in [2.75, 3.05) is 13.4 Å². The van der Waals surface area contributed by atoms with Gasteiger partial charge in [-0.2, -0.15) is 0 Å². The largest absolute Gasteiger partial charge is 0.457 e. The molecule has 3 N–H and O–H groups in total. The summed E-state index contributed by atoms with van der Waals surface area (Å²) in [5.41, 5.74) is 0. The molecule has 2 fully saturated rings. The molecule has 0 bridgehead atoms. The van der Waals surface area contributed by atoms with E-state index in [1.54, 1.807) is 0 Å². The number of fused-ring (bicyclic) bond motifs is 1. The number of aliphatic hydroxyl groups excluding tert-OH is 2. The van der Waals surface area contributed by atoms with Gasteiger partial charge >= 0.3 is 5.97 Å². The third-order valence-corrected chi connectivity index (χ3v) is 1.90. The van der Waals surface area contributed by atoms with Crippen molar-refractivity contribution in [3.63, 3.8) is 0 Å². The van der Waals surface area contributed by atoms with Gasteiger partial charge < -0.3 is 24.8 Å². The Hall–Kier alpha value is -1.13. The molecule has 2 saturated heterocycles. The Bertz CT molecular complexity index is 214. The number of carbonyl (C=O) groups is 1. The molecule has 0 aromatic carbocycles. The maximum Gasteiger partial charge on any atom is 0.338 e. The molecule has 2 heterocycles. The van der Waals surface area contributed by atoms with Gasteiger partial charge in [0.1, 0.15) is 19.0 Å². The molecular formula is C9H14O6. The maximum atomic E-state index is 10.6.